The van der Waals surface area contributed by atoms with Crippen LogP contribution in [0.15, 0.2) is 12.3 Å². The zero-order valence-electron chi connectivity index (χ0n) is 11.5. The highest BCUT2D eigenvalue weighted by Gasteiger charge is 2.28. The van der Waals surface area contributed by atoms with Crippen LogP contribution in [0.1, 0.15) is 27.7 Å². The van der Waals surface area contributed by atoms with Crippen LogP contribution in [0.5, 0.6) is 0 Å². The molecule has 0 aromatic heterocycles. The zero-order chi connectivity index (χ0) is 14.3. The first-order chi connectivity index (χ1) is 8.29. The fourth-order valence-electron chi connectivity index (χ4n) is 1.50. The lowest BCUT2D eigenvalue weighted by Gasteiger charge is -2.26. The van der Waals surface area contributed by atoms with Crippen molar-refractivity contribution in [1.29, 1.82) is 0 Å². The first kappa shape index (κ1) is 16.4. The number of Topliss-reactive ketones (excluding diaryl/α,β-unsaturated/α-hetero) is 1. The second-order valence-corrected chi connectivity index (χ2v) is 4.44. The third-order valence-corrected chi connectivity index (χ3v) is 2.75. The summed E-state index contributed by atoms with van der Waals surface area (Å²) in [5.41, 5.74) is 0. The van der Waals surface area contributed by atoms with Crippen LogP contribution in [-0.2, 0) is 19.1 Å². The summed E-state index contributed by atoms with van der Waals surface area (Å²) in [4.78, 5) is 34.2. The molecule has 102 valence electrons. The number of esters is 1. The number of carbonyl (C=O) groups excluding carboxylic acids is 3. The Morgan fingerprint density at radius 2 is 1.78 bits per heavy atom. The molecular formula is C13H21NO4. The zero-order valence-corrected chi connectivity index (χ0v) is 11.5. The number of ketones is 1. The molecule has 0 heterocycles. The molecule has 0 rings (SSSR count). The van der Waals surface area contributed by atoms with Crippen molar-refractivity contribution in [2.24, 2.45) is 11.8 Å². The monoisotopic (exact) mass is 255 g/mol. The van der Waals surface area contributed by atoms with Gasteiger partial charge < -0.3 is 9.64 Å². The van der Waals surface area contributed by atoms with Crippen LogP contribution in [0.2, 0.25) is 0 Å². The van der Waals surface area contributed by atoms with E-state index >= 15 is 0 Å². The minimum absolute atomic E-state index is 0.0368. The third-order valence-electron chi connectivity index (χ3n) is 2.75. The molecule has 5 heteroatoms. The number of amides is 1. The van der Waals surface area contributed by atoms with Gasteiger partial charge in [-0.2, -0.15) is 0 Å². The van der Waals surface area contributed by atoms with E-state index in [1.807, 2.05) is 6.92 Å². The molecule has 0 aromatic carbocycles. The summed E-state index contributed by atoms with van der Waals surface area (Å²) < 4.78 is 5.18. The average molecular weight is 255 g/mol. The van der Waals surface area contributed by atoms with Gasteiger partial charge in [0.15, 0.2) is 0 Å². The number of nitrogens with zero attached hydrogens (tertiary/aromatic N) is 1. The molecule has 3 atom stereocenters. The smallest absolute Gasteiger partial charge is 0.302 e. The predicted octanol–water partition coefficient (Wildman–Crippen LogP) is 1.38. The Labute approximate surface area is 108 Å². The van der Waals surface area contributed by atoms with Gasteiger partial charge in [0.1, 0.15) is 11.9 Å². The first-order valence-electron chi connectivity index (χ1n) is 5.82. The first-order valence-corrected chi connectivity index (χ1v) is 5.82. The van der Waals surface area contributed by atoms with E-state index in [-0.39, 0.29) is 17.6 Å². The minimum atomic E-state index is -0.517. The van der Waals surface area contributed by atoms with Gasteiger partial charge in [0, 0.05) is 26.1 Å². The highest BCUT2D eigenvalue weighted by atomic mass is 16.5. The molecule has 5 nitrogen and oxygen atoms in total. The lowest BCUT2D eigenvalue weighted by atomic mass is 9.90. The highest BCUT2D eigenvalue weighted by Crippen LogP contribution is 2.19. The average Bonchev–Trinajstić information content (AvgIpc) is 2.31. The normalized spacial score (nSPS) is 15.8. The van der Waals surface area contributed by atoms with Crippen molar-refractivity contribution in [1.82, 2.24) is 4.90 Å². The van der Waals surface area contributed by atoms with E-state index in [2.05, 4.69) is 0 Å². The van der Waals surface area contributed by atoms with Crippen molar-refractivity contribution in [3.8, 4) is 0 Å². The molecular weight excluding hydrogens is 234 g/mol. The van der Waals surface area contributed by atoms with Gasteiger partial charge in [-0.25, -0.2) is 0 Å². The Morgan fingerprint density at radius 1 is 1.22 bits per heavy atom. The molecule has 0 aliphatic rings. The molecule has 0 saturated heterocycles. The molecule has 0 saturated carbocycles. The second-order valence-electron chi connectivity index (χ2n) is 4.44. The number of carbonyl (C=O) groups is 3. The van der Waals surface area contributed by atoms with Crippen LogP contribution in [0.3, 0.4) is 0 Å². The molecule has 18 heavy (non-hydrogen) atoms. The van der Waals surface area contributed by atoms with Gasteiger partial charge in [-0.1, -0.05) is 19.9 Å². The molecule has 1 amide bonds. The largest absolute Gasteiger partial charge is 0.461 e. The summed E-state index contributed by atoms with van der Waals surface area (Å²) >= 11 is 0. The van der Waals surface area contributed by atoms with Gasteiger partial charge in [-0.3, -0.25) is 14.4 Å². The summed E-state index contributed by atoms with van der Waals surface area (Å²) in [7, 11) is 1.60. The van der Waals surface area contributed by atoms with E-state index in [0.717, 1.165) is 0 Å². The van der Waals surface area contributed by atoms with Crippen molar-refractivity contribution in [3.05, 3.63) is 12.3 Å². The highest BCUT2D eigenvalue weighted by molar-refractivity contribution is 5.79. The predicted molar refractivity (Wildman–Crippen MR) is 67.5 cm³/mol. The number of ether oxygens (including phenoxy) is 1. The van der Waals surface area contributed by atoms with E-state index < -0.39 is 12.1 Å². The maximum Gasteiger partial charge on any atom is 0.302 e. The summed E-state index contributed by atoms with van der Waals surface area (Å²) in [6.45, 7) is 6.34. The Morgan fingerprint density at radius 3 is 2.17 bits per heavy atom. The minimum Gasteiger partial charge on any atom is -0.461 e. The SMILES string of the molecule is CC(=O)O[C@H]([C@H](C)/C=C/N(C)C=O)[C@@H](C)C(C)=O. The van der Waals surface area contributed by atoms with E-state index in [1.165, 1.54) is 18.7 Å². The van der Waals surface area contributed by atoms with Gasteiger partial charge >= 0.3 is 5.97 Å². The Bertz CT molecular complexity index is 338. The van der Waals surface area contributed by atoms with Gasteiger partial charge in [-0.05, 0) is 6.92 Å². The molecule has 0 N–H and O–H groups in total. The van der Waals surface area contributed by atoms with Crippen molar-refractivity contribution < 1.29 is 19.1 Å². The van der Waals surface area contributed by atoms with Crippen LogP contribution < -0.4 is 0 Å². The fraction of sp³-hybridized carbons (Fsp3) is 0.615. The summed E-state index contributed by atoms with van der Waals surface area (Å²) in [6.07, 6.45) is 3.47. The lowest BCUT2D eigenvalue weighted by molar-refractivity contribution is -0.152. The summed E-state index contributed by atoms with van der Waals surface area (Å²) in [5.74, 6) is -0.993. The van der Waals surface area contributed by atoms with Crippen LogP contribution >= 0.6 is 0 Å². The number of rotatable bonds is 7. The molecule has 0 bridgehead atoms. The molecule has 0 spiro atoms. The van der Waals surface area contributed by atoms with Crippen molar-refractivity contribution in [2.45, 2.75) is 33.8 Å². The van der Waals surface area contributed by atoms with Gasteiger partial charge in [0.25, 0.3) is 0 Å². The summed E-state index contributed by atoms with van der Waals surface area (Å²) in [5, 5.41) is 0. The van der Waals surface area contributed by atoms with E-state index in [1.54, 1.807) is 26.2 Å². The maximum absolute atomic E-state index is 11.4. The molecule has 0 unspecified atom stereocenters. The Balaban J connectivity index is 4.84. The van der Waals surface area contributed by atoms with Crippen LogP contribution in [0.4, 0.5) is 0 Å². The van der Waals surface area contributed by atoms with Crippen LogP contribution in [0, 0.1) is 11.8 Å². The van der Waals surface area contributed by atoms with Crippen molar-refractivity contribution in [3.63, 3.8) is 0 Å². The Kier molecular flexibility index (Phi) is 6.93. The van der Waals surface area contributed by atoms with Gasteiger partial charge in [0.2, 0.25) is 6.41 Å². The quantitative estimate of drug-likeness (QED) is 0.509. The van der Waals surface area contributed by atoms with Gasteiger partial charge in [-0.15, -0.1) is 0 Å². The second kappa shape index (κ2) is 7.63. The number of hydrogen-bond donors (Lipinski definition) is 0. The van der Waals surface area contributed by atoms with Crippen LogP contribution in [-0.4, -0.2) is 36.2 Å². The molecule has 0 fully saturated rings. The van der Waals surface area contributed by atoms with Crippen LogP contribution in [0.25, 0.3) is 0 Å². The topological polar surface area (TPSA) is 63.7 Å². The fourth-order valence-corrected chi connectivity index (χ4v) is 1.50. The Hall–Kier alpha value is -1.65. The molecule has 0 aromatic rings. The van der Waals surface area contributed by atoms with Gasteiger partial charge in [0.05, 0.1) is 5.92 Å². The maximum atomic E-state index is 11.4. The van der Waals surface area contributed by atoms with E-state index in [0.29, 0.717) is 6.41 Å². The van der Waals surface area contributed by atoms with Crippen molar-refractivity contribution in [2.75, 3.05) is 7.05 Å². The lowest BCUT2D eigenvalue weighted by Crippen LogP contribution is -2.33. The third kappa shape index (κ3) is 5.61. The molecule has 0 radical (unpaired) electrons. The molecule has 0 aliphatic carbocycles. The van der Waals surface area contributed by atoms with E-state index in [4.69, 9.17) is 4.74 Å². The number of hydrogen-bond acceptors (Lipinski definition) is 4. The summed E-state index contributed by atoms with van der Waals surface area (Å²) in [6, 6.07) is 0. The van der Waals surface area contributed by atoms with Crippen molar-refractivity contribution >= 4 is 18.2 Å². The standard InChI is InChI=1S/C13H21NO4/c1-9(6-7-14(5)8-15)13(18-12(4)17)10(2)11(3)16/h6-10,13H,1-5H3/b7-6+/t9-,10+,13-/m1/s1. The van der Waals surface area contributed by atoms with E-state index in [9.17, 15) is 14.4 Å². The molecule has 0 aliphatic heterocycles.